The minimum Gasteiger partial charge on any atom is -0.616 e. The SMILES string of the molecule is CC(C)(C)[Si](C)(C)OC(C[N]([Al-])Cc1ccccc1)c1ccccc1. The molecule has 0 saturated carbocycles. The molecule has 4 heteroatoms. The molecule has 25 heavy (non-hydrogen) atoms. The maximum atomic E-state index is 6.78. The van der Waals surface area contributed by atoms with Crippen LogP contribution in [0.15, 0.2) is 60.7 Å². The van der Waals surface area contributed by atoms with Crippen molar-refractivity contribution < 1.29 is 4.43 Å². The molecule has 0 aromatic heterocycles. The first kappa shape index (κ1) is 20.4. The van der Waals surface area contributed by atoms with Gasteiger partial charge in [-0.25, -0.2) is 0 Å². The van der Waals surface area contributed by atoms with Gasteiger partial charge in [0.25, 0.3) is 0 Å². The normalized spacial score (nSPS) is 13.9. The summed E-state index contributed by atoms with van der Waals surface area (Å²) in [7, 11) is -1.85. The lowest BCUT2D eigenvalue weighted by atomic mass is 10.1. The van der Waals surface area contributed by atoms with Crippen molar-refractivity contribution in [2.75, 3.05) is 6.54 Å². The van der Waals surface area contributed by atoms with Crippen molar-refractivity contribution in [3.8, 4) is 0 Å². The van der Waals surface area contributed by atoms with Crippen LogP contribution in [0.1, 0.15) is 38.0 Å². The fourth-order valence-corrected chi connectivity index (χ4v) is 4.18. The predicted octanol–water partition coefficient (Wildman–Crippen LogP) is 5.34. The summed E-state index contributed by atoms with van der Waals surface area (Å²) in [5.74, 6) is 0. The molecule has 2 aromatic carbocycles. The van der Waals surface area contributed by atoms with Gasteiger partial charge in [-0.2, -0.15) is 0 Å². The van der Waals surface area contributed by atoms with Crippen molar-refractivity contribution in [2.45, 2.75) is 51.6 Å². The van der Waals surface area contributed by atoms with Crippen LogP contribution in [0.2, 0.25) is 18.1 Å². The molecule has 2 rings (SSSR count). The van der Waals surface area contributed by atoms with Crippen molar-refractivity contribution in [2.24, 2.45) is 0 Å². The Bertz CT molecular complexity index is 640. The summed E-state index contributed by atoms with van der Waals surface area (Å²) in [4.78, 5) is 0. The number of rotatable bonds is 7. The van der Waals surface area contributed by atoms with Gasteiger partial charge in [-0.15, -0.1) is 0 Å². The minimum atomic E-state index is -1.85. The average molecular weight is 368 g/mol. The van der Waals surface area contributed by atoms with E-state index in [1.54, 1.807) is 0 Å². The fourth-order valence-electron chi connectivity index (χ4n) is 2.51. The van der Waals surface area contributed by atoms with Gasteiger partial charge in [-0.1, -0.05) is 81.4 Å². The Balaban J connectivity index is 2.15. The molecule has 2 nitrogen and oxygen atoms in total. The second-order valence-electron chi connectivity index (χ2n) is 8.19. The van der Waals surface area contributed by atoms with Gasteiger partial charge in [0.2, 0.25) is 0 Å². The lowest BCUT2D eigenvalue weighted by molar-refractivity contribution is 0.154. The Morgan fingerprint density at radius 3 is 2.00 bits per heavy atom. The molecule has 0 amide bonds. The molecule has 1 unspecified atom stereocenters. The van der Waals surface area contributed by atoms with Crippen molar-refractivity contribution in [3.05, 3.63) is 71.8 Å². The smallest absolute Gasteiger partial charge is 0.192 e. The number of nitrogens with zero attached hydrogens (tertiary/aromatic N) is 1. The van der Waals surface area contributed by atoms with Crippen molar-refractivity contribution in [1.29, 1.82) is 0 Å². The van der Waals surface area contributed by atoms with Crippen molar-refractivity contribution >= 4 is 24.8 Å². The molecule has 0 aliphatic rings. The molecular formula is C21H30AlNOSi-. The first-order valence-electron chi connectivity index (χ1n) is 8.95. The van der Waals surface area contributed by atoms with Gasteiger partial charge in [-0.05, 0) is 42.3 Å². The first-order chi connectivity index (χ1) is 11.7. The van der Waals surface area contributed by atoms with E-state index in [-0.39, 0.29) is 11.1 Å². The van der Waals surface area contributed by atoms with Crippen LogP contribution in [0, 0.1) is 0 Å². The highest BCUT2D eigenvalue weighted by molar-refractivity contribution is 6.74. The Morgan fingerprint density at radius 1 is 0.960 bits per heavy atom. The van der Waals surface area contributed by atoms with Crippen LogP contribution < -0.4 is 0 Å². The van der Waals surface area contributed by atoms with E-state index in [0.717, 1.165) is 13.1 Å². The van der Waals surface area contributed by atoms with E-state index in [0.29, 0.717) is 0 Å². The molecule has 0 saturated heterocycles. The van der Waals surface area contributed by atoms with Gasteiger partial charge < -0.3 is 24.8 Å². The van der Waals surface area contributed by atoms with Gasteiger partial charge in [-0.3, -0.25) is 0 Å². The number of hydrogen-bond acceptors (Lipinski definition) is 2. The van der Waals surface area contributed by atoms with Crippen LogP contribution in [-0.4, -0.2) is 35.3 Å². The minimum absolute atomic E-state index is 0.0864. The molecular weight excluding hydrogens is 337 g/mol. The van der Waals surface area contributed by atoms with Crippen LogP contribution in [0.3, 0.4) is 0 Å². The third-order valence-corrected chi connectivity index (χ3v) is 9.92. The van der Waals surface area contributed by atoms with Crippen LogP contribution >= 0.6 is 0 Å². The predicted molar refractivity (Wildman–Crippen MR) is 110 cm³/mol. The van der Waals surface area contributed by atoms with Gasteiger partial charge in [0, 0.05) is 0 Å². The monoisotopic (exact) mass is 367 g/mol. The van der Waals surface area contributed by atoms with Gasteiger partial charge in [0.05, 0.1) is 6.10 Å². The highest BCUT2D eigenvalue weighted by atomic mass is 28.4. The quantitative estimate of drug-likeness (QED) is 0.613. The van der Waals surface area contributed by atoms with Crippen molar-refractivity contribution in [3.63, 3.8) is 0 Å². The topological polar surface area (TPSA) is 12.5 Å². The van der Waals surface area contributed by atoms with E-state index < -0.39 is 8.32 Å². The number of hydrogen-bond donors (Lipinski definition) is 0. The summed E-state index contributed by atoms with van der Waals surface area (Å²) >= 11 is 2.87. The Morgan fingerprint density at radius 2 is 1.48 bits per heavy atom. The fraction of sp³-hybridized carbons (Fsp3) is 0.429. The van der Waals surface area contributed by atoms with E-state index >= 15 is 0 Å². The lowest BCUT2D eigenvalue weighted by Gasteiger charge is -2.44. The van der Waals surface area contributed by atoms with Crippen LogP contribution in [0.25, 0.3) is 0 Å². The van der Waals surface area contributed by atoms with E-state index in [4.69, 9.17) is 4.43 Å². The Hall–Kier alpha value is -0.891. The second kappa shape index (κ2) is 8.66. The maximum absolute atomic E-state index is 6.78. The molecule has 133 valence electrons. The number of benzene rings is 2. The maximum Gasteiger partial charge on any atom is 0.192 e. The van der Waals surface area contributed by atoms with E-state index in [1.165, 1.54) is 11.1 Å². The molecule has 2 aromatic rings. The van der Waals surface area contributed by atoms with E-state index in [1.807, 2.05) is 0 Å². The molecule has 0 aliphatic carbocycles. The summed E-state index contributed by atoms with van der Waals surface area (Å²) in [5, 5.41) is 0.200. The second-order valence-corrected chi connectivity index (χ2v) is 13.7. The zero-order valence-corrected chi connectivity index (χ0v) is 18.4. The van der Waals surface area contributed by atoms with E-state index in [2.05, 4.69) is 115 Å². The summed E-state index contributed by atoms with van der Waals surface area (Å²) < 4.78 is 9.06. The summed E-state index contributed by atoms with van der Waals surface area (Å²) in [6.07, 6.45) is 0.0864. The van der Waals surface area contributed by atoms with Gasteiger partial charge in [0.15, 0.2) is 8.32 Å². The highest BCUT2D eigenvalue weighted by Gasteiger charge is 2.39. The molecule has 1 atom stereocenters. The average Bonchev–Trinajstić information content (AvgIpc) is 2.54. The highest BCUT2D eigenvalue weighted by Crippen LogP contribution is 2.39. The third kappa shape index (κ3) is 6.09. The molecule has 0 spiro atoms. The summed E-state index contributed by atoms with van der Waals surface area (Å²) in [6, 6.07) is 21.2. The summed E-state index contributed by atoms with van der Waals surface area (Å²) in [5.41, 5.74) is 2.57. The van der Waals surface area contributed by atoms with Crippen LogP contribution in [-0.2, 0) is 11.0 Å². The molecule has 0 bridgehead atoms. The molecule has 0 aliphatic heterocycles. The van der Waals surface area contributed by atoms with Crippen molar-refractivity contribution in [1.82, 2.24) is 3.88 Å². The molecule has 0 heterocycles. The van der Waals surface area contributed by atoms with Crippen LogP contribution in [0.4, 0.5) is 0 Å². The first-order valence-corrected chi connectivity index (χ1v) is 12.4. The zero-order valence-electron chi connectivity index (χ0n) is 16.2. The van der Waals surface area contributed by atoms with Gasteiger partial charge in [0.1, 0.15) is 0 Å². The Kier molecular flexibility index (Phi) is 7.08. The molecule has 3 radical (unpaired) electrons. The molecule has 0 fully saturated rings. The van der Waals surface area contributed by atoms with Crippen LogP contribution in [0.5, 0.6) is 0 Å². The summed E-state index contributed by atoms with van der Waals surface area (Å²) in [6.45, 7) is 13.3. The molecule has 0 N–H and O–H groups in total. The standard InChI is InChI=1S/C21H30NOSi.Al/c1-21(2,3)24(4,5)23-20(19-14-10-7-11-15-19)17-22-16-18-12-8-6-9-13-18;/h6-15,20H,16-17H2,1-5H3;/q-1;. The zero-order chi connectivity index (χ0) is 18.5. The lowest BCUT2D eigenvalue weighted by Crippen LogP contribution is -2.43. The van der Waals surface area contributed by atoms with Gasteiger partial charge >= 0.3 is 0 Å². The largest absolute Gasteiger partial charge is 0.616 e. The Labute approximate surface area is 163 Å². The van der Waals surface area contributed by atoms with E-state index in [9.17, 15) is 0 Å². The third-order valence-electron chi connectivity index (χ3n) is 5.04.